The van der Waals surface area contributed by atoms with Crippen LogP contribution in [-0.2, 0) is 19.5 Å². The van der Waals surface area contributed by atoms with Gasteiger partial charge in [0.25, 0.3) is 0 Å². The number of nitrogens with zero attached hydrogens (tertiary/aromatic N) is 4. The summed E-state index contributed by atoms with van der Waals surface area (Å²) in [6.45, 7) is 3.60. The third kappa shape index (κ3) is 4.00. The van der Waals surface area contributed by atoms with Gasteiger partial charge in [0.15, 0.2) is 5.82 Å². The number of thiophene rings is 1. The standard InChI is InChI=1S/C23H23FN4S/c24-19-6-2-1-5-18(19)22-9-8-17(29-22)15-28-12-10-20-16(14-28)13-26-23(27-20)21-7-3-4-11-25-21/h1-2,5-6,8-9,13H,3-4,7,10-12,14-15H2. The highest BCUT2D eigenvalue weighted by atomic mass is 32.1. The van der Waals surface area contributed by atoms with Gasteiger partial charge in [0, 0.05) is 59.7 Å². The Morgan fingerprint density at radius 3 is 2.86 bits per heavy atom. The van der Waals surface area contributed by atoms with Crippen LogP contribution >= 0.6 is 11.3 Å². The summed E-state index contributed by atoms with van der Waals surface area (Å²) in [5.41, 5.74) is 4.13. The van der Waals surface area contributed by atoms with Crippen molar-refractivity contribution in [2.24, 2.45) is 4.99 Å². The lowest BCUT2D eigenvalue weighted by molar-refractivity contribution is 0.245. The van der Waals surface area contributed by atoms with Gasteiger partial charge < -0.3 is 0 Å². The Hall–Kier alpha value is -2.44. The van der Waals surface area contributed by atoms with Crippen molar-refractivity contribution in [3.8, 4) is 10.4 Å². The lowest BCUT2D eigenvalue weighted by Gasteiger charge is -2.27. The summed E-state index contributed by atoms with van der Waals surface area (Å²) in [6.07, 6.45) is 6.27. The Morgan fingerprint density at radius 2 is 2.00 bits per heavy atom. The zero-order valence-electron chi connectivity index (χ0n) is 16.3. The molecule has 4 heterocycles. The number of fused-ring (bicyclic) bond motifs is 1. The third-order valence-electron chi connectivity index (χ3n) is 5.58. The molecule has 0 fully saturated rings. The summed E-state index contributed by atoms with van der Waals surface area (Å²) in [4.78, 5) is 18.7. The van der Waals surface area contributed by atoms with Crippen molar-refractivity contribution in [3.63, 3.8) is 0 Å². The molecule has 0 amide bonds. The van der Waals surface area contributed by atoms with Gasteiger partial charge in [-0.3, -0.25) is 9.89 Å². The molecule has 0 radical (unpaired) electrons. The highest BCUT2D eigenvalue weighted by Crippen LogP contribution is 2.31. The predicted molar refractivity (Wildman–Crippen MR) is 115 cm³/mol. The average molecular weight is 407 g/mol. The number of benzene rings is 1. The minimum atomic E-state index is -0.164. The lowest BCUT2D eigenvalue weighted by atomic mass is 10.1. The predicted octanol–water partition coefficient (Wildman–Crippen LogP) is 4.88. The van der Waals surface area contributed by atoms with Gasteiger partial charge in [-0.15, -0.1) is 11.3 Å². The Morgan fingerprint density at radius 1 is 1.07 bits per heavy atom. The molecule has 0 N–H and O–H groups in total. The molecule has 0 bridgehead atoms. The summed E-state index contributed by atoms with van der Waals surface area (Å²) in [6, 6.07) is 11.1. The van der Waals surface area contributed by atoms with Gasteiger partial charge in [0.2, 0.25) is 0 Å². The highest BCUT2D eigenvalue weighted by molar-refractivity contribution is 7.15. The smallest absolute Gasteiger partial charge is 0.173 e. The number of rotatable bonds is 4. The van der Waals surface area contributed by atoms with Gasteiger partial charge in [-0.2, -0.15) is 0 Å². The quantitative estimate of drug-likeness (QED) is 0.620. The fraction of sp³-hybridized carbons (Fsp3) is 0.348. The van der Waals surface area contributed by atoms with Gasteiger partial charge >= 0.3 is 0 Å². The van der Waals surface area contributed by atoms with Crippen LogP contribution in [0.4, 0.5) is 4.39 Å². The molecule has 2 aliphatic heterocycles. The first kappa shape index (κ1) is 18.6. The maximum atomic E-state index is 14.0. The van der Waals surface area contributed by atoms with E-state index in [0.29, 0.717) is 5.56 Å². The fourth-order valence-corrected chi connectivity index (χ4v) is 5.09. The summed E-state index contributed by atoms with van der Waals surface area (Å²) < 4.78 is 14.0. The van der Waals surface area contributed by atoms with Crippen molar-refractivity contribution in [3.05, 3.63) is 70.4 Å². The Balaban J connectivity index is 1.28. The molecule has 5 rings (SSSR count). The molecule has 6 heteroatoms. The second-order valence-corrected chi connectivity index (χ2v) is 8.83. The van der Waals surface area contributed by atoms with E-state index in [9.17, 15) is 4.39 Å². The SMILES string of the molecule is Fc1ccccc1-c1ccc(CN2CCc3nc(C4=NCCCC4)ncc3C2)s1. The summed E-state index contributed by atoms with van der Waals surface area (Å²) >= 11 is 1.67. The van der Waals surface area contributed by atoms with E-state index in [1.807, 2.05) is 24.4 Å². The van der Waals surface area contributed by atoms with Gasteiger partial charge in [-0.05, 0) is 37.5 Å². The summed E-state index contributed by atoms with van der Waals surface area (Å²) in [7, 11) is 0. The van der Waals surface area contributed by atoms with Crippen LogP contribution in [0.5, 0.6) is 0 Å². The van der Waals surface area contributed by atoms with Crippen LogP contribution in [0.3, 0.4) is 0 Å². The Kier molecular flexibility index (Phi) is 5.21. The van der Waals surface area contributed by atoms with E-state index >= 15 is 0 Å². The molecule has 0 aliphatic carbocycles. The second kappa shape index (κ2) is 8.13. The molecule has 29 heavy (non-hydrogen) atoms. The summed E-state index contributed by atoms with van der Waals surface area (Å²) in [5, 5.41) is 0. The van der Waals surface area contributed by atoms with Crippen LogP contribution < -0.4 is 0 Å². The van der Waals surface area contributed by atoms with Gasteiger partial charge in [0.1, 0.15) is 5.82 Å². The van der Waals surface area contributed by atoms with Gasteiger partial charge in [-0.25, -0.2) is 14.4 Å². The van der Waals surface area contributed by atoms with Crippen molar-refractivity contribution < 1.29 is 4.39 Å². The zero-order valence-corrected chi connectivity index (χ0v) is 17.1. The minimum absolute atomic E-state index is 0.164. The largest absolute Gasteiger partial charge is 0.293 e. The normalized spacial score (nSPS) is 17.1. The fourth-order valence-electron chi connectivity index (χ4n) is 4.02. The monoisotopic (exact) mass is 406 g/mol. The lowest BCUT2D eigenvalue weighted by Crippen LogP contribution is -2.31. The van der Waals surface area contributed by atoms with E-state index in [2.05, 4.69) is 20.9 Å². The third-order valence-corrected chi connectivity index (χ3v) is 6.68. The number of hydrogen-bond donors (Lipinski definition) is 0. The molecule has 1 aromatic carbocycles. The van der Waals surface area contributed by atoms with Crippen LogP contribution in [0, 0.1) is 5.82 Å². The van der Waals surface area contributed by atoms with Crippen molar-refractivity contribution >= 4 is 17.0 Å². The van der Waals surface area contributed by atoms with E-state index in [-0.39, 0.29) is 5.82 Å². The summed E-state index contributed by atoms with van der Waals surface area (Å²) in [5.74, 6) is 0.660. The van der Waals surface area contributed by atoms with Crippen molar-refractivity contribution in [1.29, 1.82) is 0 Å². The molecule has 0 spiro atoms. The topological polar surface area (TPSA) is 41.4 Å². The molecule has 0 saturated heterocycles. The number of aromatic nitrogens is 2. The molecular weight excluding hydrogens is 383 g/mol. The van der Waals surface area contributed by atoms with E-state index < -0.39 is 0 Å². The van der Waals surface area contributed by atoms with Crippen molar-refractivity contribution in [2.75, 3.05) is 13.1 Å². The molecule has 148 valence electrons. The molecule has 4 nitrogen and oxygen atoms in total. The van der Waals surface area contributed by atoms with E-state index in [1.165, 1.54) is 29.3 Å². The van der Waals surface area contributed by atoms with Gasteiger partial charge in [-0.1, -0.05) is 18.2 Å². The van der Waals surface area contributed by atoms with Gasteiger partial charge in [0.05, 0.1) is 11.4 Å². The van der Waals surface area contributed by atoms with E-state index in [0.717, 1.165) is 61.1 Å². The highest BCUT2D eigenvalue weighted by Gasteiger charge is 2.21. The van der Waals surface area contributed by atoms with Crippen LogP contribution in [0.25, 0.3) is 10.4 Å². The van der Waals surface area contributed by atoms with E-state index in [1.54, 1.807) is 17.4 Å². The number of hydrogen-bond acceptors (Lipinski definition) is 5. The molecular formula is C23H23FN4S. The second-order valence-electron chi connectivity index (χ2n) is 7.66. The van der Waals surface area contributed by atoms with Crippen LogP contribution in [0.1, 0.15) is 41.2 Å². The van der Waals surface area contributed by atoms with Crippen LogP contribution in [-0.4, -0.2) is 33.7 Å². The van der Waals surface area contributed by atoms with Crippen molar-refractivity contribution in [2.45, 2.75) is 38.8 Å². The average Bonchev–Trinajstić information content (AvgIpc) is 3.22. The number of aliphatic imine (C=N–C) groups is 1. The molecule has 3 aromatic rings. The van der Waals surface area contributed by atoms with Crippen molar-refractivity contribution in [1.82, 2.24) is 14.9 Å². The first-order valence-corrected chi connectivity index (χ1v) is 11.0. The minimum Gasteiger partial charge on any atom is -0.293 e. The Labute approximate surface area is 174 Å². The first-order valence-electron chi connectivity index (χ1n) is 10.2. The first-order chi connectivity index (χ1) is 14.3. The number of halogens is 1. The molecule has 2 aliphatic rings. The molecule has 0 saturated carbocycles. The molecule has 0 unspecified atom stereocenters. The zero-order chi connectivity index (χ0) is 19.6. The van der Waals surface area contributed by atoms with Crippen LogP contribution in [0.2, 0.25) is 0 Å². The molecule has 2 aromatic heterocycles. The van der Waals surface area contributed by atoms with E-state index in [4.69, 9.17) is 4.98 Å². The maximum absolute atomic E-state index is 14.0. The van der Waals surface area contributed by atoms with Crippen LogP contribution in [0.15, 0.2) is 47.6 Å². The Bertz CT molecular complexity index is 1060. The maximum Gasteiger partial charge on any atom is 0.173 e. The molecule has 0 atom stereocenters.